The molecule has 1 saturated heterocycles. The summed E-state index contributed by atoms with van der Waals surface area (Å²) in [7, 11) is -2.51. The fourth-order valence-corrected chi connectivity index (χ4v) is 4.35. The summed E-state index contributed by atoms with van der Waals surface area (Å²) in [6, 6.07) is 6.37. The molecule has 2 unspecified atom stereocenters. The van der Waals surface area contributed by atoms with Crippen LogP contribution in [0, 0.1) is 11.8 Å². The van der Waals surface area contributed by atoms with Gasteiger partial charge in [0, 0.05) is 12.5 Å². The van der Waals surface area contributed by atoms with Crippen LogP contribution in [0.1, 0.15) is 22.3 Å². The van der Waals surface area contributed by atoms with Crippen LogP contribution in [0.15, 0.2) is 24.3 Å². The van der Waals surface area contributed by atoms with Crippen LogP contribution in [0.5, 0.6) is 0 Å². The average Bonchev–Trinajstić information content (AvgIpc) is 3.16. The van der Waals surface area contributed by atoms with Crippen LogP contribution in [0.2, 0.25) is 0 Å². The minimum atomic E-state index is -3.75. The first-order valence-electron chi connectivity index (χ1n) is 6.64. The van der Waals surface area contributed by atoms with Gasteiger partial charge in [-0.05, 0) is 24.0 Å². The highest BCUT2D eigenvalue weighted by molar-refractivity contribution is 7.88. The number of nitrogens with zero attached hydrogens (tertiary/aromatic N) is 1. The van der Waals surface area contributed by atoms with E-state index in [1.807, 2.05) is 0 Å². The number of methoxy groups -OCH3 is 1. The largest absolute Gasteiger partial charge is 0.465 e. The van der Waals surface area contributed by atoms with Gasteiger partial charge in [0.1, 0.15) is 0 Å². The lowest BCUT2D eigenvalue weighted by Gasteiger charge is -2.19. The number of benzene rings is 1. The third kappa shape index (κ3) is 2.42. The van der Waals surface area contributed by atoms with Gasteiger partial charge in [-0.2, -0.15) is 0 Å². The molecule has 0 N–H and O–H groups in total. The number of carbonyl (C=O) groups excluding carboxylic acids is 2. The number of fused-ring (bicyclic) bond motifs is 1. The first kappa shape index (κ1) is 14.1. The zero-order valence-corrected chi connectivity index (χ0v) is 12.3. The number of ether oxygens (including phenoxy) is 1. The van der Waals surface area contributed by atoms with Gasteiger partial charge in [-0.25, -0.2) is 17.5 Å². The minimum Gasteiger partial charge on any atom is -0.465 e. The molecule has 0 aromatic heterocycles. The maximum absolute atomic E-state index is 12.4. The molecule has 21 heavy (non-hydrogen) atoms. The molecule has 1 aliphatic heterocycles. The Balaban J connectivity index is 1.86. The summed E-state index contributed by atoms with van der Waals surface area (Å²) in [5.74, 6) is -1.20. The number of rotatable bonds is 4. The molecule has 112 valence electrons. The van der Waals surface area contributed by atoms with Crippen LogP contribution in [0.4, 0.5) is 0 Å². The Morgan fingerprint density at radius 1 is 1.38 bits per heavy atom. The van der Waals surface area contributed by atoms with Gasteiger partial charge >= 0.3 is 5.97 Å². The summed E-state index contributed by atoms with van der Waals surface area (Å²) in [6.07, 6.45) is 0.795. The number of piperidine rings is 1. The number of carbonyl (C=O) groups is 2. The van der Waals surface area contributed by atoms with Crippen LogP contribution in [0.25, 0.3) is 0 Å². The van der Waals surface area contributed by atoms with Crippen molar-refractivity contribution >= 4 is 21.9 Å². The van der Waals surface area contributed by atoms with Gasteiger partial charge in [-0.15, -0.1) is 0 Å². The van der Waals surface area contributed by atoms with Crippen LogP contribution in [-0.4, -0.2) is 38.3 Å². The van der Waals surface area contributed by atoms with E-state index in [2.05, 4.69) is 4.74 Å². The standard InChI is InChI=1S/C14H15NO5S/c1-20-14(17)11-5-3-2-4-9(11)8-21(18,19)15-7-10-6-12(10)13(15)16/h2-5,10,12H,6-8H2,1H3. The molecule has 1 aromatic carbocycles. The molecule has 0 bridgehead atoms. The highest BCUT2D eigenvalue weighted by atomic mass is 32.2. The molecule has 7 heteroatoms. The molecule has 1 heterocycles. The number of sulfonamides is 1. The Labute approximate surface area is 122 Å². The number of hydrogen-bond acceptors (Lipinski definition) is 5. The van der Waals surface area contributed by atoms with E-state index in [-0.39, 0.29) is 35.6 Å². The second-order valence-electron chi connectivity index (χ2n) is 5.38. The molecule has 1 aliphatic carbocycles. The second kappa shape index (κ2) is 4.84. The molecule has 2 aliphatic rings. The molecule has 0 radical (unpaired) electrons. The zero-order chi connectivity index (χ0) is 15.2. The maximum Gasteiger partial charge on any atom is 0.338 e. The fraction of sp³-hybridized carbons (Fsp3) is 0.429. The van der Waals surface area contributed by atoms with Gasteiger partial charge < -0.3 is 4.74 Å². The summed E-state index contributed by atoms with van der Waals surface area (Å²) in [6.45, 7) is 0.270. The van der Waals surface area contributed by atoms with Crippen molar-refractivity contribution in [3.8, 4) is 0 Å². The zero-order valence-electron chi connectivity index (χ0n) is 11.5. The number of esters is 1. The lowest BCUT2D eigenvalue weighted by Crippen LogP contribution is -2.36. The Bertz CT molecular complexity index is 712. The molecule has 2 fully saturated rings. The molecule has 0 spiro atoms. The highest BCUT2D eigenvalue weighted by Gasteiger charge is 2.55. The monoisotopic (exact) mass is 309 g/mol. The van der Waals surface area contributed by atoms with Gasteiger partial charge in [-0.3, -0.25) is 4.79 Å². The van der Waals surface area contributed by atoms with Crippen molar-refractivity contribution in [2.24, 2.45) is 11.8 Å². The molecule has 2 atom stereocenters. The van der Waals surface area contributed by atoms with Crippen LogP contribution >= 0.6 is 0 Å². The molecule has 3 rings (SSSR count). The van der Waals surface area contributed by atoms with Crippen molar-refractivity contribution in [3.05, 3.63) is 35.4 Å². The fourth-order valence-electron chi connectivity index (χ4n) is 2.72. The quantitative estimate of drug-likeness (QED) is 0.768. The Hall–Kier alpha value is -1.89. The third-order valence-electron chi connectivity index (χ3n) is 3.98. The molecule has 6 nitrogen and oxygen atoms in total. The van der Waals surface area contributed by atoms with Gasteiger partial charge in [0.2, 0.25) is 15.9 Å². The van der Waals surface area contributed by atoms with E-state index in [0.29, 0.717) is 5.56 Å². The Morgan fingerprint density at radius 3 is 2.71 bits per heavy atom. The molecule has 1 saturated carbocycles. The molecule has 1 aromatic rings. The SMILES string of the molecule is COC(=O)c1ccccc1CS(=O)(=O)N1CC2CC2C1=O. The van der Waals surface area contributed by atoms with Crippen LogP contribution in [-0.2, 0) is 25.3 Å². The minimum absolute atomic E-state index is 0.115. The van der Waals surface area contributed by atoms with Crippen molar-refractivity contribution in [2.45, 2.75) is 12.2 Å². The third-order valence-corrected chi connectivity index (χ3v) is 5.66. The maximum atomic E-state index is 12.4. The lowest BCUT2D eigenvalue weighted by molar-refractivity contribution is -0.125. The van der Waals surface area contributed by atoms with Gasteiger partial charge in [0.15, 0.2) is 0 Å². The summed E-state index contributed by atoms with van der Waals surface area (Å²) in [5, 5.41) is 0. The van der Waals surface area contributed by atoms with E-state index >= 15 is 0 Å². The van der Waals surface area contributed by atoms with Crippen LogP contribution < -0.4 is 0 Å². The summed E-state index contributed by atoms with van der Waals surface area (Å²) in [5.41, 5.74) is 0.554. The topological polar surface area (TPSA) is 80.8 Å². The van der Waals surface area contributed by atoms with Gasteiger partial charge in [-0.1, -0.05) is 18.2 Å². The summed E-state index contributed by atoms with van der Waals surface area (Å²) < 4.78 is 30.4. The van der Waals surface area contributed by atoms with Crippen molar-refractivity contribution in [2.75, 3.05) is 13.7 Å². The van der Waals surface area contributed by atoms with E-state index in [4.69, 9.17) is 0 Å². The van der Waals surface area contributed by atoms with E-state index in [1.165, 1.54) is 13.2 Å². The van der Waals surface area contributed by atoms with Crippen molar-refractivity contribution < 1.29 is 22.7 Å². The summed E-state index contributed by atoms with van der Waals surface area (Å²) >= 11 is 0. The van der Waals surface area contributed by atoms with Crippen molar-refractivity contribution in [1.82, 2.24) is 4.31 Å². The number of amides is 1. The first-order chi connectivity index (χ1) is 9.94. The van der Waals surface area contributed by atoms with Gasteiger partial charge in [0.25, 0.3) is 0 Å². The predicted molar refractivity (Wildman–Crippen MR) is 73.7 cm³/mol. The van der Waals surface area contributed by atoms with Crippen LogP contribution in [0.3, 0.4) is 0 Å². The number of hydrogen-bond donors (Lipinski definition) is 0. The van der Waals surface area contributed by atoms with E-state index in [1.54, 1.807) is 18.2 Å². The summed E-state index contributed by atoms with van der Waals surface area (Å²) in [4.78, 5) is 23.6. The first-order valence-corrected chi connectivity index (χ1v) is 8.25. The molecular weight excluding hydrogens is 294 g/mol. The predicted octanol–water partition coefficient (Wildman–Crippen LogP) is 0.781. The molecule has 1 amide bonds. The second-order valence-corrected chi connectivity index (χ2v) is 7.27. The smallest absolute Gasteiger partial charge is 0.338 e. The molecular formula is C14H15NO5S. The highest BCUT2D eigenvalue weighted by Crippen LogP contribution is 2.47. The van der Waals surface area contributed by atoms with Crippen molar-refractivity contribution in [1.29, 1.82) is 0 Å². The van der Waals surface area contributed by atoms with Crippen molar-refractivity contribution in [3.63, 3.8) is 0 Å². The lowest BCUT2D eigenvalue weighted by atomic mass is 10.1. The van der Waals surface area contributed by atoms with E-state index < -0.39 is 16.0 Å². The Kier molecular flexibility index (Phi) is 3.24. The van der Waals surface area contributed by atoms with E-state index in [9.17, 15) is 18.0 Å². The van der Waals surface area contributed by atoms with Gasteiger partial charge in [0.05, 0.1) is 18.4 Å². The average molecular weight is 309 g/mol. The van der Waals surface area contributed by atoms with E-state index in [0.717, 1.165) is 10.7 Å². The Morgan fingerprint density at radius 2 is 2.10 bits per heavy atom. The normalized spacial score (nSPS) is 23.9.